The lowest BCUT2D eigenvalue weighted by Gasteiger charge is -2.06. The normalized spacial score (nSPS) is 10.9. The molecule has 3 nitrogen and oxygen atoms in total. The van der Waals surface area contributed by atoms with Crippen LogP contribution in [0, 0.1) is 0 Å². The number of hydrogen-bond acceptors (Lipinski definition) is 3. The van der Waals surface area contributed by atoms with Gasteiger partial charge in [-0.25, -0.2) is 0 Å². The Morgan fingerprint density at radius 1 is 1.25 bits per heavy atom. The number of ether oxygens (including phenoxy) is 1. The van der Waals surface area contributed by atoms with Crippen molar-refractivity contribution in [3.8, 4) is 11.5 Å². The maximum absolute atomic E-state index is 9.99. The minimum Gasteiger partial charge on any atom is -0.504 e. The van der Waals surface area contributed by atoms with Crippen LogP contribution in [0.25, 0.3) is 0 Å². The summed E-state index contributed by atoms with van der Waals surface area (Å²) in [5.74, 6) is 0.544. The number of halogens is 1. The lowest BCUT2D eigenvalue weighted by molar-refractivity contribution is 0.373. The van der Waals surface area contributed by atoms with Crippen LogP contribution in [0.4, 0.5) is 0 Å². The molecule has 0 radical (unpaired) electrons. The second-order valence-corrected chi connectivity index (χ2v) is 5.23. The molecule has 0 bridgehead atoms. The van der Waals surface area contributed by atoms with E-state index in [2.05, 4.69) is 33.1 Å². The van der Waals surface area contributed by atoms with Crippen molar-refractivity contribution in [2.24, 2.45) is 4.99 Å². The molecule has 0 atom stereocenters. The summed E-state index contributed by atoms with van der Waals surface area (Å²) >= 11 is 3.38. The van der Waals surface area contributed by atoms with Gasteiger partial charge in [0.2, 0.25) is 0 Å². The number of hydrogen-bond donors (Lipinski definition) is 1. The Hall–Kier alpha value is -1.81. The number of phenolic OH excluding ortho intramolecular Hbond substituents is 1. The Morgan fingerprint density at radius 2 is 2.00 bits per heavy atom. The van der Waals surface area contributed by atoms with E-state index in [1.165, 1.54) is 12.7 Å². The molecule has 0 unspecified atom stereocenters. The van der Waals surface area contributed by atoms with Crippen LogP contribution in [0.1, 0.15) is 11.1 Å². The highest BCUT2D eigenvalue weighted by molar-refractivity contribution is 9.10. The Labute approximate surface area is 127 Å². The fourth-order valence-electron chi connectivity index (χ4n) is 1.85. The largest absolute Gasteiger partial charge is 0.504 e. The van der Waals surface area contributed by atoms with E-state index in [1.54, 1.807) is 12.3 Å². The first-order valence-electron chi connectivity index (χ1n) is 6.31. The summed E-state index contributed by atoms with van der Waals surface area (Å²) in [5, 5.41) is 9.99. The summed E-state index contributed by atoms with van der Waals surface area (Å²) in [6, 6.07) is 13.7. The fraction of sp³-hybridized carbons (Fsp3) is 0.188. The molecule has 20 heavy (non-hydrogen) atoms. The number of nitrogens with zero attached hydrogens (tertiary/aromatic N) is 1. The highest BCUT2D eigenvalue weighted by Gasteiger charge is 2.07. The molecule has 0 heterocycles. The van der Waals surface area contributed by atoms with Gasteiger partial charge in [-0.05, 0) is 24.1 Å². The molecule has 0 amide bonds. The first-order valence-corrected chi connectivity index (χ1v) is 7.10. The molecular formula is C16H16BrNO2. The molecule has 2 rings (SSSR count). The number of phenols is 1. The summed E-state index contributed by atoms with van der Waals surface area (Å²) in [5.41, 5.74) is 1.89. The number of aromatic hydroxyl groups is 1. The topological polar surface area (TPSA) is 41.8 Å². The van der Waals surface area contributed by atoms with Crippen LogP contribution >= 0.6 is 15.9 Å². The van der Waals surface area contributed by atoms with E-state index in [0.29, 0.717) is 17.9 Å². The molecule has 0 aliphatic rings. The predicted octanol–water partition coefficient (Wildman–Crippen LogP) is 3.82. The monoisotopic (exact) mass is 333 g/mol. The van der Waals surface area contributed by atoms with Crippen molar-refractivity contribution < 1.29 is 9.84 Å². The van der Waals surface area contributed by atoms with Gasteiger partial charge in [0.05, 0.1) is 7.11 Å². The zero-order chi connectivity index (χ0) is 14.4. The van der Waals surface area contributed by atoms with Crippen LogP contribution in [0.5, 0.6) is 11.5 Å². The average Bonchev–Trinajstić information content (AvgIpc) is 2.47. The van der Waals surface area contributed by atoms with Crippen LogP contribution in [-0.2, 0) is 6.42 Å². The van der Waals surface area contributed by atoms with Gasteiger partial charge in [0, 0.05) is 22.8 Å². The molecule has 104 valence electrons. The van der Waals surface area contributed by atoms with Crippen molar-refractivity contribution in [3.63, 3.8) is 0 Å². The molecular weight excluding hydrogens is 318 g/mol. The van der Waals surface area contributed by atoms with E-state index < -0.39 is 0 Å². The molecule has 0 aliphatic carbocycles. The summed E-state index contributed by atoms with van der Waals surface area (Å²) in [7, 11) is 1.53. The van der Waals surface area contributed by atoms with Crippen molar-refractivity contribution in [1.82, 2.24) is 0 Å². The Balaban J connectivity index is 2.03. The molecule has 4 heteroatoms. The molecule has 2 aromatic carbocycles. The highest BCUT2D eigenvalue weighted by atomic mass is 79.9. The van der Waals surface area contributed by atoms with Gasteiger partial charge in [0.15, 0.2) is 11.5 Å². The minimum absolute atomic E-state index is 0.110. The van der Waals surface area contributed by atoms with Crippen molar-refractivity contribution in [1.29, 1.82) is 0 Å². The molecule has 0 fully saturated rings. The minimum atomic E-state index is 0.110. The van der Waals surface area contributed by atoms with Crippen molar-refractivity contribution in [2.75, 3.05) is 13.7 Å². The first-order chi connectivity index (χ1) is 9.70. The van der Waals surface area contributed by atoms with Gasteiger partial charge in [-0.1, -0.05) is 46.3 Å². The van der Waals surface area contributed by atoms with Gasteiger partial charge >= 0.3 is 0 Å². The average molecular weight is 334 g/mol. The highest BCUT2D eigenvalue weighted by Crippen LogP contribution is 2.32. The van der Waals surface area contributed by atoms with E-state index >= 15 is 0 Å². The standard InChI is InChI=1S/C16H16BrNO2/c1-20-15-10-14(17)9-13(16(15)19)11-18-8-7-12-5-3-2-4-6-12/h2-6,9-11,19H,7-8H2,1H3. The summed E-state index contributed by atoms with van der Waals surface area (Å²) < 4.78 is 5.94. The van der Waals surface area contributed by atoms with Crippen molar-refractivity contribution in [2.45, 2.75) is 6.42 Å². The zero-order valence-corrected chi connectivity index (χ0v) is 12.8. The zero-order valence-electron chi connectivity index (χ0n) is 11.2. The van der Waals surface area contributed by atoms with Crippen molar-refractivity contribution in [3.05, 3.63) is 58.1 Å². The third-order valence-electron chi connectivity index (χ3n) is 2.89. The molecule has 0 saturated heterocycles. The van der Waals surface area contributed by atoms with E-state index in [9.17, 15) is 5.11 Å². The molecule has 0 saturated carbocycles. The molecule has 1 N–H and O–H groups in total. The fourth-order valence-corrected chi connectivity index (χ4v) is 2.30. The quantitative estimate of drug-likeness (QED) is 0.845. The van der Waals surface area contributed by atoms with Gasteiger partial charge < -0.3 is 9.84 Å². The maximum Gasteiger partial charge on any atom is 0.166 e. The molecule has 2 aromatic rings. The van der Waals surface area contributed by atoms with Crippen LogP contribution in [-0.4, -0.2) is 25.0 Å². The predicted molar refractivity (Wildman–Crippen MR) is 85.0 cm³/mol. The molecule has 0 spiro atoms. The van der Waals surface area contributed by atoms with Crippen molar-refractivity contribution >= 4 is 22.1 Å². The third kappa shape index (κ3) is 3.84. The van der Waals surface area contributed by atoms with E-state index in [4.69, 9.17) is 4.74 Å². The summed E-state index contributed by atoms with van der Waals surface area (Å²) in [6.45, 7) is 0.679. The second-order valence-electron chi connectivity index (χ2n) is 4.32. The van der Waals surface area contributed by atoms with Gasteiger partial charge in [-0.2, -0.15) is 0 Å². The molecule has 0 aromatic heterocycles. The van der Waals surface area contributed by atoms with Crippen LogP contribution < -0.4 is 4.74 Å². The van der Waals surface area contributed by atoms with Gasteiger partial charge in [0.1, 0.15) is 0 Å². The number of benzene rings is 2. The van der Waals surface area contributed by atoms with Crippen LogP contribution in [0.2, 0.25) is 0 Å². The Morgan fingerprint density at radius 3 is 2.70 bits per heavy atom. The summed E-state index contributed by atoms with van der Waals surface area (Å²) in [6.07, 6.45) is 2.55. The third-order valence-corrected chi connectivity index (χ3v) is 3.35. The van der Waals surface area contributed by atoms with E-state index in [0.717, 1.165) is 10.9 Å². The molecule has 0 aliphatic heterocycles. The number of methoxy groups -OCH3 is 1. The maximum atomic E-state index is 9.99. The van der Waals surface area contributed by atoms with Crippen LogP contribution in [0.15, 0.2) is 51.9 Å². The van der Waals surface area contributed by atoms with Gasteiger partial charge in [-0.15, -0.1) is 0 Å². The van der Waals surface area contributed by atoms with Crippen LogP contribution in [0.3, 0.4) is 0 Å². The lowest BCUT2D eigenvalue weighted by atomic mass is 10.1. The van der Waals surface area contributed by atoms with E-state index in [-0.39, 0.29) is 5.75 Å². The summed E-state index contributed by atoms with van der Waals surface area (Å²) in [4.78, 5) is 4.35. The van der Waals surface area contributed by atoms with Gasteiger partial charge in [-0.3, -0.25) is 4.99 Å². The Bertz CT molecular complexity index is 597. The first kappa shape index (κ1) is 14.6. The smallest absolute Gasteiger partial charge is 0.166 e. The second kappa shape index (κ2) is 7.10. The van der Waals surface area contributed by atoms with Gasteiger partial charge in [0.25, 0.3) is 0 Å². The number of rotatable bonds is 5. The SMILES string of the molecule is COc1cc(Br)cc(C=NCCc2ccccc2)c1O. The number of aliphatic imine (C=N–C) groups is 1. The lowest BCUT2D eigenvalue weighted by Crippen LogP contribution is -1.92. The van der Waals surface area contributed by atoms with E-state index in [1.807, 2.05) is 24.3 Å². The Kier molecular flexibility index (Phi) is 5.18.